The zero-order valence-corrected chi connectivity index (χ0v) is 9.43. The van der Waals surface area contributed by atoms with Crippen LogP contribution in [0.3, 0.4) is 0 Å². The molecule has 0 aromatic rings. The van der Waals surface area contributed by atoms with E-state index >= 15 is 0 Å². The van der Waals surface area contributed by atoms with Crippen molar-refractivity contribution in [2.75, 3.05) is 6.61 Å². The third-order valence-electron chi connectivity index (χ3n) is 1.94. The van der Waals surface area contributed by atoms with Gasteiger partial charge >= 0.3 is 0 Å². The molecule has 0 saturated heterocycles. The minimum atomic E-state index is -3.26. The second-order valence-electron chi connectivity index (χ2n) is 3.74. The van der Waals surface area contributed by atoms with Gasteiger partial charge in [-0.3, -0.25) is 0 Å². The summed E-state index contributed by atoms with van der Waals surface area (Å²) in [6.45, 7) is 6.78. The van der Waals surface area contributed by atoms with Crippen molar-refractivity contribution < 1.29 is 13.5 Å². The SMILES string of the molecule is CC(C)C(CO)NS(=O)(=O)C(C)C. The lowest BCUT2D eigenvalue weighted by atomic mass is 10.1. The van der Waals surface area contributed by atoms with Crippen molar-refractivity contribution in [3.8, 4) is 0 Å². The van der Waals surface area contributed by atoms with Crippen LogP contribution in [-0.2, 0) is 10.0 Å². The summed E-state index contributed by atoms with van der Waals surface area (Å²) in [5, 5.41) is 8.46. The summed E-state index contributed by atoms with van der Waals surface area (Å²) in [6, 6.07) is -0.382. The third kappa shape index (κ3) is 4.06. The van der Waals surface area contributed by atoms with E-state index in [4.69, 9.17) is 5.11 Å². The van der Waals surface area contributed by atoms with Gasteiger partial charge in [0.15, 0.2) is 0 Å². The van der Waals surface area contributed by atoms with Crippen molar-refractivity contribution >= 4 is 10.0 Å². The summed E-state index contributed by atoms with van der Waals surface area (Å²) in [6.07, 6.45) is 0. The fourth-order valence-corrected chi connectivity index (χ4v) is 1.77. The number of aliphatic hydroxyl groups excluding tert-OH is 1. The first-order valence-electron chi connectivity index (χ1n) is 4.43. The summed E-state index contributed by atoms with van der Waals surface area (Å²) in [7, 11) is -3.26. The number of hydrogen-bond acceptors (Lipinski definition) is 3. The van der Waals surface area contributed by atoms with Crippen LogP contribution in [0.5, 0.6) is 0 Å². The quantitative estimate of drug-likeness (QED) is 0.686. The highest BCUT2D eigenvalue weighted by atomic mass is 32.2. The lowest BCUT2D eigenvalue weighted by Gasteiger charge is -2.21. The van der Waals surface area contributed by atoms with E-state index in [0.717, 1.165) is 0 Å². The van der Waals surface area contributed by atoms with Gasteiger partial charge in [0.1, 0.15) is 0 Å². The fourth-order valence-electron chi connectivity index (χ4n) is 0.731. The highest BCUT2D eigenvalue weighted by Gasteiger charge is 2.22. The van der Waals surface area contributed by atoms with Crippen LogP contribution in [0.4, 0.5) is 0 Å². The van der Waals surface area contributed by atoms with E-state index in [1.807, 2.05) is 13.8 Å². The molecule has 0 rings (SSSR count). The Morgan fingerprint density at radius 3 is 1.92 bits per heavy atom. The monoisotopic (exact) mass is 209 g/mol. The molecule has 0 aliphatic heterocycles. The predicted octanol–water partition coefficient (Wildman–Crippen LogP) is 0.331. The number of aliphatic hydroxyl groups is 1. The van der Waals surface area contributed by atoms with Gasteiger partial charge in [0, 0.05) is 6.04 Å². The van der Waals surface area contributed by atoms with Gasteiger partial charge in [-0.2, -0.15) is 0 Å². The van der Waals surface area contributed by atoms with E-state index in [9.17, 15) is 8.42 Å². The smallest absolute Gasteiger partial charge is 0.214 e. The topological polar surface area (TPSA) is 66.4 Å². The normalized spacial score (nSPS) is 15.3. The third-order valence-corrected chi connectivity index (χ3v) is 3.81. The van der Waals surface area contributed by atoms with Gasteiger partial charge in [-0.1, -0.05) is 13.8 Å². The van der Waals surface area contributed by atoms with Gasteiger partial charge in [0.2, 0.25) is 10.0 Å². The van der Waals surface area contributed by atoms with Gasteiger partial charge in [-0.05, 0) is 19.8 Å². The van der Waals surface area contributed by atoms with E-state index in [-0.39, 0.29) is 18.6 Å². The van der Waals surface area contributed by atoms with Gasteiger partial charge in [0.05, 0.1) is 11.9 Å². The molecule has 0 saturated carbocycles. The van der Waals surface area contributed by atoms with Crippen molar-refractivity contribution in [2.45, 2.75) is 39.0 Å². The van der Waals surface area contributed by atoms with Gasteiger partial charge < -0.3 is 5.11 Å². The maximum absolute atomic E-state index is 11.4. The molecular weight excluding hydrogens is 190 g/mol. The van der Waals surface area contributed by atoms with Crippen molar-refractivity contribution in [2.24, 2.45) is 5.92 Å². The van der Waals surface area contributed by atoms with Crippen molar-refractivity contribution in [1.82, 2.24) is 4.72 Å². The molecular formula is C8H19NO3S. The molecule has 2 N–H and O–H groups in total. The van der Waals surface area contributed by atoms with E-state index in [1.54, 1.807) is 13.8 Å². The highest BCUT2D eigenvalue weighted by molar-refractivity contribution is 7.90. The fraction of sp³-hybridized carbons (Fsp3) is 1.00. The lowest BCUT2D eigenvalue weighted by Crippen LogP contribution is -2.44. The number of rotatable bonds is 5. The predicted molar refractivity (Wildman–Crippen MR) is 52.9 cm³/mol. The van der Waals surface area contributed by atoms with Crippen LogP contribution in [0.25, 0.3) is 0 Å². The summed E-state index contributed by atoms with van der Waals surface area (Å²) < 4.78 is 25.2. The molecule has 1 unspecified atom stereocenters. The van der Waals surface area contributed by atoms with E-state index in [1.165, 1.54) is 0 Å². The van der Waals surface area contributed by atoms with E-state index < -0.39 is 15.3 Å². The largest absolute Gasteiger partial charge is 0.395 e. The molecule has 0 aliphatic rings. The molecule has 0 spiro atoms. The molecule has 80 valence electrons. The Labute approximate surface area is 80.4 Å². The summed E-state index contributed by atoms with van der Waals surface area (Å²) in [5.74, 6) is 0.0959. The Morgan fingerprint density at radius 2 is 1.69 bits per heavy atom. The number of nitrogens with one attached hydrogen (secondary N) is 1. The van der Waals surface area contributed by atoms with Gasteiger partial charge in [-0.25, -0.2) is 13.1 Å². The second-order valence-corrected chi connectivity index (χ2v) is 6.01. The Morgan fingerprint density at radius 1 is 1.23 bits per heavy atom. The van der Waals surface area contributed by atoms with Gasteiger partial charge in [0.25, 0.3) is 0 Å². The van der Waals surface area contributed by atoms with Crippen LogP contribution in [0, 0.1) is 5.92 Å². The van der Waals surface area contributed by atoms with E-state index in [2.05, 4.69) is 4.72 Å². The summed E-state index contributed by atoms with van der Waals surface area (Å²) in [5.41, 5.74) is 0. The molecule has 0 aromatic heterocycles. The molecule has 0 aromatic carbocycles. The first-order valence-corrected chi connectivity index (χ1v) is 5.98. The second kappa shape index (κ2) is 4.93. The molecule has 0 amide bonds. The molecule has 13 heavy (non-hydrogen) atoms. The molecule has 0 bridgehead atoms. The standard InChI is InChI=1S/C8H19NO3S/c1-6(2)8(5-10)9-13(11,12)7(3)4/h6-10H,5H2,1-4H3. The highest BCUT2D eigenvalue weighted by Crippen LogP contribution is 2.05. The molecule has 0 heterocycles. The van der Waals surface area contributed by atoms with Crippen LogP contribution in [0.2, 0.25) is 0 Å². The Bertz CT molecular complexity index is 234. The Hall–Kier alpha value is -0.130. The Balaban J connectivity index is 4.41. The minimum absolute atomic E-state index is 0.0959. The van der Waals surface area contributed by atoms with Crippen LogP contribution in [0.15, 0.2) is 0 Å². The molecule has 0 fully saturated rings. The van der Waals surface area contributed by atoms with Crippen molar-refractivity contribution in [3.05, 3.63) is 0 Å². The maximum atomic E-state index is 11.4. The zero-order chi connectivity index (χ0) is 10.6. The molecule has 1 atom stereocenters. The first-order chi connectivity index (χ1) is 5.81. The van der Waals surface area contributed by atoms with Crippen LogP contribution >= 0.6 is 0 Å². The lowest BCUT2D eigenvalue weighted by molar-refractivity contribution is 0.227. The average molecular weight is 209 g/mol. The molecule has 5 heteroatoms. The number of hydrogen-bond donors (Lipinski definition) is 2. The summed E-state index contributed by atoms with van der Waals surface area (Å²) >= 11 is 0. The maximum Gasteiger partial charge on any atom is 0.214 e. The molecule has 4 nitrogen and oxygen atoms in total. The van der Waals surface area contributed by atoms with Gasteiger partial charge in [-0.15, -0.1) is 0 Å². The summed E-state index contributed by atoms with van der Waals surface area (Å²) in [4.78, 5) is 0. The van der Waals surface area contributed by atoms with Crippen LogP contribution in [0.1, 0.15) is 27.7 Å². The van der Waals surface area contributed by atoms with Crippen LogP contribution < -0.4 is 4.72 Å². The number of sulfonamides is 1. The zero-order valence-electron chi connectivity index (χ0n) is 8.61. The van der Waals surface area contributed by atoms with Crippen LogP contribution in [-0.4, -0.2) is 31.4 Å². The van der Waals surface area contributed by atoms with Crippen molar-refractivity contribution in [3.63, 3.8) is 0 Å². The van der Waals surface area contributed by atoms with Crippen molar-refractivity contribution in [1.29, 1.82) is 0 Å². The Kier molecular flexibility index (Phi) is 4.88. The molecule has 0 aliphatic carbocycles. The first kappa shape index (κ1) is 12.9. The van der Waals surface area contributed by atoms with E-state index in [0.29, 0.717) is 0 Å². The average Bonchev–Trinajstić information content (AvgIpc) is 1.99. The minimum Gasteiger partial charge on any atom is -0.395 e. The molecule has 0 radical (unpaired) electrons.